The van der Waals surface area contributed by atoms with Gasteiger partial charge in [0.15, 0.2) is 0 Å². The molecule has 1 fully saturated rings. The molecule has 26 heavy (non-hydrogen) atoms. The lowest BCUT2D eigenvalue weighted by molar-refractivity contribution is 0.00578. The van der Waals surface area contributed by atoms with E-state index in [2.05, 4.69) is 62.8 Å². The standard InChI is InChI=1S/C14H19BO2.C8H7Br/c1-6-11-8-7-9-12(10-11)15-16-13(2,3)14(4,5)17-15;1-2-7-4-3-5-8(9)6-7/h6-10H,1H2,2-5H3;2-6H,1H2. The molecule has 4 heteroatoms. The minimum atomic E-state index is -0.292. The molecular weight excluding hydrogens is 387 g/mol. The van der Waals surface area contributed by atoms with Gasteiger partial charge in [-0.25, -0.2) is 0 Å². The third kappa shape index (κ3) is 4.97. The maximum Gasteiger partial charge on any atom is 0.494 e. The van der Waals surface area contributed by atoms with Gasteiger partial charge in [0.2, 0.25) is 0 Å². The highest BCUT2D eigenvalue weighted by Crippen LogP contribution is 2.36. The minimum absolute atomic E-state index is 0.290. The Kier molecular flexibility index (Phi) is 6.67. The van der Waals surface area contributed by atoms with Gasteiger partial charge in [-0.15, -0.1) is 0 Å². The van der Waals surface area contributed by atoms with Crippen molar-refractivity contribution in [3.8, 4) is 0 Å². The van der Waals surface area contributed by atoms with Gasteiger partial charge in [-0.05, 0) is 56.4 Å². The van der Waals surface area contributed by atoms with Crippen LogP contribution in [0.15, 0.2) is 66.2 Å². The Morgan fingerprint density at radius 2 is 1.35 bits per heavy atom. The van der Waals surface area contributed by atoms with E-state index < -0.39 is 0 Å². The highest BCUT2D eigenvalue weighted by atomic mass is 79.9. The molecule has 2 nitrogen and oxygen atoms in total. The van der Waals surface area contributed by atoms with E-state index in [1.165, 1.54) is 0 Å². The molecule has 1 aliphatic heterocycles. The highest BCUT2D eigenvalue weighted by molar-refractivity contribution is 9.10. The van der Waals surface area contributed by atoms with E-state index in [1.54, 1.807) is 0 Å². The molecule has 2 aromatic rings. The Bertz CT molecular complexity index is 767. The monoisotopic (exact) mass is 412 g/mol. The van der Waals surface area contributed by atoms with Crippen molar-refractivity contribution < 1.29 is 9.31 Å². The van der Waals surface area contributed by atoms with E-state index >= 15 is 0 Å². The molecule has 0 spiro atoms. The van der Waals surface area contributed by atoms with Crippen LogP contribution in [0.5, 0.6) is 0 Å². The van der Waals surface area contributed by atoms with Crippen LogP contribution in [0.1, 0.15) is 38.8 Å². The zero-order valence-corrected chi connectivity index (χ0v) is 17.5. The van der Waals surface area contributed by atoms with Crippen molar-refractivity contribution in [1.82, 2.24) is 0 Å². The van der Waals surface area contributed by atoms with Gasteiger partial charge >= 0.3 is 7.12 Å². The van der Waals surface area contributed by atoms with Gasteiger partial charge in [0.1, 0.15) is 0 Å². The summed E-state index contributed by atoms with van der Waals surface area (Å²) in [6.45, 7) is 15.7. The second-order valence-corrected chi connectivity index (χ2v) is 8.14. The Morgan fingerprint density at radius 1 is 0.846 bits per heavy atom. The van der Waals surface area contributed by atoms with E-state index in [-0.39, 0.29) is 18.3 Å². The number of hydrogen-bond acceptors (Lipinski definition) is 2. The molecule has 1 heterocycles. The second-order valence-electron chi connectivity index (χ2n) is 7.22. The van der Waals surface area contributed by atoms with Crippen molar-refractivity contribution in [2.45, 2.75) is 38.9 Å². The zero-order chi connectivity index (χ0) is 19.4. The van der Waals surface area contributed by atoms with Crippen molar-refractivity contribution >= 4 is 40.7 Å². The van der Waals surface area contributed by atoms with Gasteiger partial charge in [0.05, 0.1) is 11.2 Å². The summed E-state index contributed by atoms with van der Waals surface area (Å²) in [4.78, 5) is 0. The summed E-state index contributed by atoms with van der Waals surface area (Å²) in [6, 6.07) is 16.1. The first-order valence-corrected chi connectivity index (χ1v) is 9.44. The van der Waals surface area contributed by atoms with Gasteiger partial charge < -0.3 is 9.31 Å². The van der Waals surface area contributed by atoms with Crippen molar-refractivity contribution in [1.29, 1.82) is 0 Å². The quantitative estimate of drug-likeness (QED) is 0.600. The SMILES string of the molecule is C=Cc1cccc(B2OC(C)(C)C(C)(C)O2)c1.C=Cc1cccc(Br)c1. The van der Waals surface area contributed by atoms with Crippen LogP contribution in [0.4, 0.5) is 0 Å². The predicted octanol–water partition coefficient (Wildman–Crippen LogP) is 5.72. The average Bonchev–Trinajstić information content (AvgIpc) is 2.83. The van der Waals surface area contributed by atoms with Crippen LogP contribution in [0.2, 0.25) is 0 Å². The Balaban J connectivity index is 0.000000228. The average molecular weight is 413 g/mol. The summed E-state index contributed by atoms with van der Waals surface area (Å²) >= 11 is 3.36. The fraction of sp³-hybridized carbons (Fsp3) is 0.273. The first-order chi connectivity index (χ1) is 12.2. The first-order valence-electron chi connectivity index (χ1n) is 8.64. The van der Waals surface area contributed by atoms with Gasteiger partial charge in [0, 0.05) is 4.47 Å². The molecule has 0 radical (unpaired) electrons. The fourth-order valence-electron chi connectivity index (χ4n) is 2.45. The lowest BCUT2D eigenvalue weighted by Gasteiger charge is -2.32. The van der Waals surface area contributed by atoms with E-state index in [0.717, 1.165) is 21.1 Å². The number of benzene rings is 2. The smallest absolute Gasteiger partial charge is 0.399 e. The Labute approximate surface area is 166 Å². The molecule has 1 aliphatic rings. The highest BCUT2D eigenvalue weighted by Gasteiger charge is 2.51. The number of hydrogen-bond donors (Lipinski definition) is 0. The topological polar surface area (TPSA) is 18.5 Å². The molecule has 0 atom stereocenters. The number of halogens is 1. The summed E-state index contributed by atoms with van der Waals surface area (Å²) in [5.74, 6) is 0. The van der Waals surface area contributed by atoms with Crippen LogP contribution in [-0.2, 0) is 9.31 Å². The minimum Gasteiger partial charge on any atom is -0.399 e. The summed E-state index contributed by atoms with van der Waals surface area (Å²) in [5, 5.41) is 0. The van der Waals surface area contributed by atoms with Gasteiger partial charge in [-0.2, -0.15) is 0 Å². The molecule has 0 amide bonds. The third-order valence-corrected chi connectivity index (χ3v) is 5.25. The van der Waals surface area contributed by atoms with Crippen molar-refractivity contribution in [2.24, 2.45) is 0 Å². The van der Waals surface area contributed by atoms with Crippen LogP contribution < -0.4 is 5.46 Å². The molecule has 0 bridgehead atoms. The maximum atomic E-state index is 5.99. The predicted molar refractivity (Wildman–Crippen MR) is 116 cm³/mol. The van der Waals surface area contributed by atoms with Gasteiger partial charge in [0.25, 0.3) is 0 Å². The molecule has 1 saturated heterocycles. The lowest BCUT2D eigenvalue weighted by Crippen LogP contribution is -2.41. The van der Waals surface area contributed by atoms with E-state index in [9.17, 15) is 0 Å². The molecule has 0 aliphatic carbocycles. The molecule has 0 aromatic heterocycles. The molecule has 3 rings (SSSR count). The molecule has 2 aromatic carbocycles. The van der Waals surface area contributed by atoms with Crippen LogP contribution in [0, 0.1) is 0 Å². The van der Waals surface area contributed by atoms with Crippen LogP contribution in [-0.4, -0.2) is 18.3 Å². The van der Waals surface area contributed by atoms with Crippen molar-refractivity contribution in [2.75, 3.05) is 0 Å². The number of rotatable bonds is 3. The van der Waals surface area contributed by atoms with Crippen LogP contribution in [0.3, 0.4) is 0 Å². The maximum absolute atomic E-state index is 5.99. The summed E-state index contributed by atoms with van der Waals surface area (Å²) in [7, 11) is -0.292. The first kappa shape index (κ1) is 20.7. The molecule has 136 valence electrons. The van der Waals surface area contributed by atoms with Crippen LogP contribution >= 0.6 is 15.9 Å². The van der Waals surface area contributed by atoms with Gasteiger partial charge in [-0.3, -0.25) is 0 Å². The lowest BCUT2D eigenvalue weighted by atomic mass is 9.78. The Morgan fingerprint density at radius 3 is 1.81 bits per heavy atom. The summed E-state index contributed by atoms with van der Waals surface area (Å²) < 4.78 is 13.1. The second kappa shape index (κ2) is 8.38. The molecule has 0 N–H and O–H groups in total. The Hall–Kier alpha value is -1.62. The summed E-state index contributed by atoms with van der Waals surface area (Å²) in [6.07, 6.45) is 3.65. The molecule has 0 unspecified atom stereocenters. The van der Waals surface area contributed by atoms with E-state index in [0.29, 0.717) is 0 Å². The fourth-order valence-corrected chi connectivity index (χ4v) is 2.86. The van der Waals surface area contributed by atoms with E-state index in [4.69, 9.17) is 9.31 Å². The zero-order valence-electron chi connectivity index (χ0n) is 16.0. The van der Waals surface area contributed by atoms with Crippen LogP contribution in [0.25, 0.3) is 12.2 Å². The third-order valence-electron chi connectivity index (χ3n) is 4.76. The van der Waals surface area contributed by atoms with E-state index in [1.807, 2.05) is 54.6 Å². The largest absolute Gasteiger partial charge is 0.494 e. The van der Waals surface area contributed by atoms with Crippen molar-refractivity contribution in [3.05, 3.63) is 77.3 Å². The normalized spacial score (nSPS) is 17.2. The molecule has 0 saturated carbocycles. The summed E-state index contributed by atoms with van der Waals surface area (Å²) in [5.41, 5.74) is 2.69. The van der Waals surface area contributed by atoms with Crippen molar-refractivity contribution in [3.63, 3.8) is 0 Å². The van der Waals surface area contributed by atoms with Gasteiger partial charge in [-0.1, -0.05) is 77.6 Å². The molecular formula is C22H26BBrO2.